The SMILES string of the molecule is Cc1nc(C(=O)N2CCC3(CC2)CN(C)Cc2nnc(-c4ccco4)n23)cs1.O=C(O)C(F)(F)F. The molecule has 5 rings (SSSR count). The van der Waals surface area contributed by atoms with Gasteiger partial charge in [-0.15, -0.1) is 21.5 Å². The molecule has 0 bridgehead atoms. The first kappa shape index (κ1) is 24.9. The molecule has 0 unspecified atom stereocenters. The van der Waals surface area contributed by atoms with Crippen LogP contribution in [0.4, 0.5) is 13.2 Å². The average Bonchev–Trinajstić information content (AvgIpc) is 3.54. The molecule has 0 aliphatic carbocycles. The second kappa shape index (κ2) is 9.41. The molecule has 10 nitrogen and oxygen atoms in total. The van der Waals surface area contributed by atoms with E-state index in [9.17, 15) is 18.0 Å². The minimum absolute atomic E-state index is 0.0265. The number of aromatic nitrogens is 4. The number of carboxylic acids is 1. The van der Waals surface area contributed by atoms with E-state index in [1.807, 2.05) is 29.3 Å². The third-order valence-corrected chi connectivity index (χ3v) is 6.76. The lowest BCUT2D eigenvalue weighted by Crippen LogP contribution is -2.56. The third-order valence-electron chi connectivity index (χ3n) is 5.98. The number of nitrogens with zero attached hydrogens (tertiary/aromatic N) is 6. The molecular weight excluding hydrogens is 489 g/mol. The summed E-state index contributed by atoms with van der Waals surface area (Å²) in [5.74, 6) is -0.261. The lowest BCUT2D eigenvalue weighted by molar-refractivity contribution is -0.192. The predicted octanol–water partition coefficient (Wildman–Crippen LogP) is 3.01. The van der Waals surface area contributed by atoms with Crippen LogP contribution in [0.1, 0.15) is 34.2 Å². The van der Waals surface area contributed by atoms with Crippen LogP contribution < -0.4 is 0 Å². The molecule has 1 fully saturated rings. The molecule has 1 spiro atoms. The quantitative estimate of drug-likeness (QED) is 0.557. The lowest BCUT2D eigenvalue weighted by atomic mass is 9.84. The monoisotopic (exact) mass is 512 g/mol. The van der Waals surface area contributed by atoms with Crippen LogP contribution in [0.3, 0.4) is 0 Å². The first-order valence-electron chi connectivity index (χ1n) is 10.7. The van der Waals surface area contributed by atoms with E-state index in [4.69, 9.17) is 14.3 Å². The van der Waals surface area contributed by atoms with Crippen molar-refractivity contribution in [3.05, 3.63) is 40.3 Å². The average molecular weight is 513 g/mol. The summed E-state index contributed by atoms with van der Waals surface area (Å²) in [6.45, 7) is 4.98. The van der Waals surface area contributed by atoms with Crippen LogP contribution in [0.15, 0.2) is 28.2 Å². The minimum atomic E-state index is -5.08. The first-order chi connectivity index (χ1) is 16.5. The van der Waals surface area contributed by atoms with E-state index in [0.29, 0.717) is 18.8 Å². The van der Waals surface area contributed by atoms with E-state index in [1.165, 1.54) is 11.3 Å². The Bertz CT molecular complexity index is 1200. The lowest BCUT2D eigenvalue weighted by Gasteiger charge is -2.47. The van der Waals surface area contributed by atoms with E-state index >= 15 is 0 Å². The molecule has 1 amide bonds. The number of carbonyl (C=O) groups is 2. The Morgan fingerprint density at radius 3 is 2.46 bits per heavy atom. The zero-order valence-corrected chi connectivity index (χ0v) is 19.8. The van der Waals surface area contributed by atoms with Crippen molar-refractivity contribution in [1.29, 1.82) is 0 Å². The van der Waals surface area contributed by atoms with Crippen molar-refractivity contribution in [1.82, 2.24) is 29.5 Å². The predicted molar refractivity (Wildman–Crippen MR) is 118 cm³/mol. The van der Waals surface area contributed by atoms with E-state index in [0.717, 1.165) is 48.3 Å². The van der Waals surface area contributed by atoms with Gasteiger partial charge >= 0.3 is 12.1 Å². The maximum atomic E-state index is 12.8. The van der Waals surface area contributed by atoms with Gasteiger partial charge in [0, 0.05) is 25.0 Å². The first-order valence-corrected chi connectivity index (χ1v) is 11.6. The summed E-state index contributed by atoms with van der Waals surface area (Å²) in [5.41, 5.74) is 0.420. The van der Waals surface area contributed by atoms with E-state index in [1.54, 1.807) is 6.26 Å². The number of alkyl halides is 3. The van der Waals surface area contributed by atoms with Gasteiger partial charge in [-0.3, -0.25) is 14.3 Å². The topological polar surface area (TPSA) is 118 Å². The molecule has 35 heavy (non-hydrogen) atoms. The number of rotatable bonds is 2. The molecule has 3 aromatic rings. The maximum absolute atomic E-state index is 12.8. The molecule has 188 valence electrons. The summed E-state index contributed by atoms with van der Waals surface area (Å²) in [4.78, 5) is 30.3. The van der Waals surface area contributed by atoms with Gasteiger partial charge in [0.2, 0.25) is 0 Å². The van der Waals surface area contributed by atoms with Crippen LogP contribution in [-0.2, 0) is 16.9 Å². The maximum Gasteiger partial charge on any atom is 0.490 e. The molecule has 0 radical (unpaired) electrons. The molecule has 2 aliphatic rings. The number of carboxylic acid groups (broad SMARTS) is 1. The summed E-state index contributed by atoms with van der Waals surface area (Å²) in [6.07, 6.45) is -1.72. The summed E-state index contributed by atoms with van der Waals surface area (Å²) in [5, 5.41) is 18.8. The number of furan rings is 1. The van der Waals surface area contributed by atoms with Crippen LogP contribution in [0.5, 0.6) is 0 Å². The van der Waals surface area contributed by atoms with Gasteiger partial charge in [-0.2, -0.15) is 13.2 Å². The molecule has 0 aromatic carbocycles. The number of hydrogen-bond acceptors (Lipinski definition) is 8. The van der Waals surface area contributed by atoms with Crippen molar-refractivity contribution in [2.24, 2.45) is 0 Å². The van der Waals surface area contributed by atoms with Crippen molar-refractivity contribution in [2.45, 2.75) is 38.0 Å². The molecular formula is C21H23F3N6O4S. The molecule has 14 heteroatoms. The Hall–Kier alpha value is -3.26. The van der Waals surface area contributed by atoms with Gasteiger partial charge in [-0.1, -0.05) is 0 Å². The fourth-order valence-electron chi connectivity index (χ4n) is 4.48. The Morgan fingerprint density at radius 1 is 1.23 bits per heavy atom. The van der Waals surface area contributed by atoms with Crippen LogP contribution in [0.2, 0.25) is 0 Å². The highest BCUT2D eigenvalue weighted by atomic mass is 32.1. The number of fused-ring (bicyclic) bond motifs is 2. The molecule has 5 heterocycles. The Balaban J connectivity index is 0.000000364. The number of piperidine rings is 1. The van der Waals surface area contributed by atoms with Crippen LogP contribution in [-0.4, -0.2) is 79.4 Å². The van der Waals surface area contributed by atoms with E-state index in [2.05, 4.69) is 31.7 Å². The second-order valence-corrected chi connectivity index (χ2v) is 9.56. The largest absolute Gasteiger partial charge is 0.490 e. The fraction of sp³-hybridized carbons (Fsp3) is 0.476. The van der Waals surface area contributed by atoms with Gasteiger partial charge in [-0.05, 0) is 38.9 Å². The minimum Gasteiger partial charge on any atom is -0.475 e. The number of thiazole rings is 1. The van der Waals surface area contributed by atoms with Gasteiger partial charge < -0.3 is 14.4 Å². The zero-order chi connectivity index (χ0) is 25.4. The highest BCUT2D eigenvalue weighted by molar-refractivity contribution is 7.09. The number of carbonyl (C=O) groups excluding carboxylic acids is 1. The Morgan fingerprint density at radius 2 is 1.91 bits per heavy atom. The van der Waals surface area contributed by atoms with Crippen molar-refractivity contribution >= 4 is 23.2 Å². The van der Waals surface area contributed by atoms with Crippen LogP contribution >= 0.6 is 11.3 Å². The summed E-state index contributed by atoms with van der Waals surface area (Å²) in [6, 6.07) is 3.79. The van der Waals surface area contributed by atoms with Crippen molar-refractivity contribution < 1.29 is 32.3 Å². The summed E-state index contributed by atoms with van der Waals surface area (Å²) >= 11 is 1.51. The van der Waals surface area contributed by atoms with Gasteiger partial charge in [0.25, 0.3) is 5.91 Å². The molecule has 3 aromatic heterocycles. The number of aryl methyl sites for hydroxylation is 1. The van der Waals surface area contributed by atoms with Gasteiger partial charge in [0.05, 0.1) is 23.4 Å². The van der Waals surface area contributed by atoms with Gasteiger partial charge in [0.15, 0.2) is 11.6 Å². The smallest absolute Gasteiger partial charge is 0.475 e. The van der Waals surface area contributed by atoms with E-state index in [-0.39, 0.29) is 11.4 Å². The fourth-order valence-corrected chi connectivity index (χ4v) is 5.07. The van der Waals surface area contributed by atoms with Gasteiger partial charge in [-0.25, -0.2) is 9.78 Å². The molecule has 1 saturated heterocycles. The number of likely N-dealkylation sites (N-methyl/N-ethyl adjacent to an activating group) is 1. The molecule has 0 saturated carbocycles. The number of hydrogen-bond donors (Lipinski definition) is 1. The van der Waals surface area contributed by atoms with Gasteiger partial charge in [0.1, 0.15) is 11.5 Å². The molecule has 1 N–H and O–H groups in total. The van der Waals surface area contributed by atoms with Crippen molar-refractivity contribution in [3.8, 4) is 11.6 Å². The Labute approximate surface area is 202 Å². The number of likely N-dealkylation sites (tertiary alicyclic amines) is 1. The Kier molecular flexibility index (Phi) is 6.68. The highest BCUT2D eigenvalue weighted by Gasteiger charge is 2.45. The van der Waals surface area contributed by atoms with Crippen molar-refractivity contribution in [2.75, 3.05) is 26.7 Å². The molecule has 0 atom stereocenters. The van der Waals surface area contributed by atoms with Crippen molar-refractivity contribution in [3.63, 3.8) is 0 Å². The highest BCUT2D eigenvalue weighted by Crippen LogP contribution is 2.39. The van der Waals surface area contributed by atoms with Crippen LogP contribution in [0.25, 0.3) is 11.6 Å². The standard InChI is InChI=1S/C19H22N6O2S.C2HF3O2/c1-13-20-14(11-28-13)18(26)24-7-5-19(6-8-24)12-23(2)10-16-21-22-17(25(16)19)15-4-3-9-27-15;3-2(4,5)1(6)7/h3-4,9,11H,5-8,10,12H2,1-2H3;(H,6,7). The number of amides is 1. The zero-order valence-electron chi connectivity index (χ0n) is 18.9. The van der Waals surface area contributed by atoms with E-state index < -0.39 is 12.1 Å². The summed E-state index contributed by atoms with van der Waals surface area (Å²) in [7, 11) is 2.11. The summed E-state index contributed by atoms with van der Waals surface area (Å²) < 4.78 is 39.6. The number of aliphatic carboxylic acids is 1. The normalized spacial score (nSPS) is 17.6. The second-order valence-electron chi connectivity index (χ2n) is 8.50. The number of halogens is 3. The third kappa shape index (κ3) is 5.07. The van der Waals surface area contributed by atoms with Crippen LogP contribution in [0, 0.1) is 6.92 Å². The molecule has 2 aliphatic heterocycles.